The molecule has 1 atom stereocenters. The van der Waals surface area contributed by atoms with E-state index >= 15 is 0 Å². The van der Waals surface area contributed by atoms with Gasteiger partial charge in [0.05, 0.1) is 0 Å². The third-order valence-corrected chi connectivity index (χ3v) is 3.04. The number of aliphatic hydroxyl groups excluding tert-OH is 1. The van der Waals surface area contributed by atoms with Gasteiger partial charge in [0.15, 0.2) is 11.5 Å². The minimum Gasteiger partial charge on any atom is -0.454 e. The van der Waals surface area contributed by atoms with E-state index < -0.39 is 0 Å². The van der Waals surface area contributed by atoms with Crippen molar-refractivity contribution >= 4 is 0 Å². The van der Waals surface area contributed by atoms with Crippen molar-refractivity contribution < 1.29 is 14.6 Å². The number of fused-ring (bicyclic) bond motifs is 1. The lowest BCUT2D eigenvalue weighted by molar-refractivity contribution is 0.174. The van der Waals surface area contributed by atoms with Crippen molar-refractivity contribution in [3.8, 4) is 11.5 Å². The number of ether oxygens (including phenoxy) is 2. The molecule has 0 saturated heterocycles. The number of nitrogens with two attached hydrogens (primary N) is 1. The summed E-state index contributed by atoms with van der Waals surface area (Å²) in [7, 11) is 0. The molecule has 0 amide bonds. The Kier molecular flexibility index (Phi) is 3.54. The van der Waals surface area contributed by atoms with Crippen LogP contribution in [0.3, 0.4) is 0 Å². The molecule has 0 radical (unpaired) electrons. The Morgan fingerprint density at radius 3 is 2.35 bits per heavy atom. The van der Waals surface area contributed by atoms with Crippen LogP contribution in [0.5, 0.6) is 11.5 Å². The number of hydrogen-bond donors (Lipinski definition) is 2. The van der Waals surface area contributed by atoms with Gasteiger partial charge in [0.1, 0.15) is 0 Å². The lowest BCUT2D eigenvalue weighted by Crippen LogP contribution is -2.14. The first-order valence-electron chi connectivity index (χ1n) is 5.93. The first kappa shape index (κ1) is 12.2. The van der Waals surface area contributed by atoms with Crippen LogP contribution in [0.4, 0.5) is 0 Å². The Balaban J connectivity index is 2.41. The highest BCUT2D eigenvalue weighted by molar-refractivity contribution is 5.50. The average Bonchev–Trinajstić information content (AvgIpc) is 2.74. The van der Waals surface area contributed by atoms with Crippen LogP contribution < -0.4 is 15.2 Å². The van der Waals surface area contributed by atoms with Gasteiger partial charge in [-0.1, -0.05) is 13.8 Å². The van der Waals surface area contributed by atoms with Crippen LogP contribution in [0, 0.1) is 0 Å². The van der Waals surface area contributed by atoms with Crippen LogP contribution in [-0.4, -0.2) is 18.5 Å². The van der Waals surface area contributed by atoms with Crippen molar-refractivity contribution in [1.82, 2.24) is 0 Å². The largest absolute Gasteiger partial charge is 0.454 e. The van der Waals surface area contributed by atoms with Crippen molar-refractivity contribution in [2.24, 2.45) is 5.73 Å². The highest BCUT2D eigenvalue weighted by Crippen LogP contribution is 2.39. The van der Waals surface area contributed by atoms with Crippen LogP contribution in [-0.2, 0) is 0 Å². The van der Waals surface area contributed by atoms with Gasteiger partial charge in [-0.2, -0.15) is 0 Å². The van der Waals surface area contributed by atoms with Crippen molar-refractivity contribution in [2.75, 3.05) is 13.4 Å². The first-order chi connectivity index (χ1) is 8.13. The molecule has 0 spiro atoms. The monoisotopic (exact) mass is 237 g/mol. The lowest BCUT2D eigenvalue weighted by atomic mass is 9.91. The molecule has 17 heavy (non-hydrogen) atoms. The summed E-state index contributed by atoms with van der Waals surface area (Å²) >= 11 is 0. The SMILES string of the molecule is CC(C)c1cc2c(cc1C(N)CCO)OCO2. The standard InChI is InChI=1S/C13H19NO3/c1-8(2)9-5-12-13(17-7-16-12)6-10(9)11(14)3-4-15/h5-6,8,11,15H,3-4,7,14H2,1-2H3. The van der Waals surface area contributed by atoms with E-state index in [4.69, 9.17) is 20.3 Å². The second kappa shape index (κ2) is 4.94. The molecule has 2 rings (SSSR count). The van der Waals surface area contributed by atoms with E-state index in [1.165, 1.54) is 0 Å². The zero-order chi connectivity index (χ0) is 12.4. The van der Waals surface area contributed by atoms with E-state index in [1.54, 1.807) is 0 Å². The van der Waals surface area contributed by atoms with E-state index in [1.807, 2.05) is 12.1 Å². The van der Waals surface area contributed by atoms with Gasteiger partial charge in [-0.25, -0.2) is 0 Å². The van der Waals surface area contributed by atoms with Gasteiger partial charge < -0.3 is 20.3 Å². The van der Waals surface area contributed by atoms with Gasteiger partial charge in [-0.05, 0) is 35.6 Å². The summed E-state index contributed by atoms with van der Waals surface area (Å²) in [5, 5.41) is 8.98. The zero-order valence-electron chi connectivity index (χ0n) is 10.3. The normalized spacial score (nSPS) is 15.4. The summed E-state index contributed by atoms with van der Waals surface area (Å²) in [5.41, 5.74) is 8.28. The van der Waals surface area contributed by atoms with Crippen molar-refractivity contribution in [2.45, 2.75) is 32.2 Å². The third-order valence-electron chi connectivity index (χ3n) is 3.04. The Morgan fingerprint density at radius 1 is 1.24 bits per heavy atom. The maximum Gasteiger partial charge on any atom is 0.231 e. The van der Waals surface area contributed by atoms with Crippen molar-refractivity contribution in [3.63, 3.8) is 0 Å². The summed E-state index contributed by atoms with van der Waals surface area (Å²) in [5.74, 6) is 1.90. The van der Waals surface area contributed by atoms with E-state index in [0.29, 0.717) is 12.3 Å². The van der Waals surface area contributed by atoms with E-state index in [-0.39, 0.29) is 19.4 Å². The number of hydrogen-bond acceptors (Lipinski definition) is 4. The number of aliphatic hydroxyl groups is 1. The predicted octanol–water partition coefficient (Wildman–Crippen LogP) is 1.92. The fourth-order valence-corrected chi connectivity index (χ4v) is 2.09. The second-order valence-electron chi connectivity index (χ2n) is 4.61. The predicted molar refractivity (Wildman–Crippen MR) is 65.3 cm³/mol. The molecule has 0 bridgehead atoms. The maximum absolute atomic E-state index is 8.98. The molecule has 1 aromatic rings. The maximum atomic E-state index is 8.98. The van der Waals surface area contributed by atoms with E-state index in [2.05, 4.69) is 13.8 Å². The molecule has 1 aromatic carbocycles. The molecule has 94 valence electrons. The summed E-state index contributed by atoms with van der Waals surface area (Å²) in [6.07, 6.45) is 0.555. The van der Waals surface area contributed by atoms with E-state index in [0.717, 1.165) is 22.6 Å². The molecular weight excluding hydrogens is 218 g/mol. The number of benzene rings is 1. The van der Waals surface area contributed by atoms with E-state index in [9.17, 15) is 0 Å². The van der Waals surface area contributed by atoms with Crippen LogP contribution in [0.25, 0.3) is 0 Å². The highest BCUT2D eigenvalue weighted by atomic mass is 16.7. The van der Waals surface area contributed by atoms with Crippen molar-refractivity contribution in [1.29, 1.82) is 0 Å². The molecular formula is C13H19NO3. The third kappa shape index (κ3) is 2.37. The fourth-order valence-electron chi connectivity index (χ4n) is 2.09. The molecule has 1 aliphatic heterocycles. The average molecular weight is 237 g/mol. The summed E-state index contributed by atoms with van der Waals surface area (Å²) in [6.45, 7) is 4.60. The Labute approximate surface area is 101 Å². The first-order valence-corrected chi connectivity index (χ1v) is 5.93. The zero-order valence-corrected chi connectivity index (χ0v) is 10.3. The van der Waals surface area contributed by atoms with Crippen LogP contribution in [0.1, 0.15) is 43.4 Å². The van der Waals surface area contributed by atoms with Gasteiger partial charge in [-0.3, -0.25) is 0 Å². The Morgan fingerprint density at radius 2 is 1.82 bits per heavy atom. The molecule has 0 saturated carbocycles. The van der Waals surface area contributed by atoms with Gasteiger partial charge in [-0.15, -0.1) is 0 Å². The molecule has 3 N–H and O–H groups in total. The highest BCUT2D eigenvalue weighted by Gasteiger charge is 2.21. The molecule has 4 nitrogen and oxygen atoms in total. The minimum absolute atomic E-state index is 0.0904. The Bertz CT molecular complexity index is 404. The molecule has 1 aliphatic rings. The topological polar surface area (TPSA) is 64.7 Å². The summed E-state index contributed by atoms with van der Waals surface area (Å²) in [4.78, 5) is 0. The molecule has 4 heteroatoms. The summed E-state index contributed by atoms with van der Waals surface area (Å²) in [6, 6.07) is 3.78. The van der Waals surface area contributed by atoms with Crippen LogP contribution in [0.15, 0.2) is 12.1 Å². The summed E-state index contributed by atoms with van der Waals surface area (Å²) < 4.78 is 10.7. The van der Waals surface area contributed by atoms with Crippen molar-refractivity contribution in [3.05, 3.63) is 23.3 Å². The van der Waals surface area contributed by atoms with Crippen LogP contribution in [0.2, 0.25) is 0 Å². The molecule has 1 heterocycles. The lowest BCUT2D eigenvalue weighted by Gasteiger charge is -2.18. The molecule has 0 aromatic heterocycles. The van der Waals surface area contributed by atoms with Gasteiger partial charge in [0.25, 0.3) is 0 Å². The minimum atomic E-state index is -0.160. The van der Waals surface area contributed by atoms with Gasteiger partial charge >= 0.3 is 0 Å². The second-order valence-corrected chi connectivity index (χ2v) is 4.61. The molecule has 1 unspecified atom stereocenters. The number of rotatable bonds is 4. The van der Waals surface area contributed by atoms with Gasteiger partial charge in [0, 0.05) is 12.6 Å². The van der Waals surface area contributed by atoms with Crippen LogP contribution >= 0.6 is 0 Å². The smallest absolute Gasteiger partial charge is 0.231 e. The fraction of sp³-hybridized carbons (Fsp3) is 0.538. The van der Waals surface area contributed by atoms with Gasteiger partial charge in [0.2, 0.25) is 6.79 Å². The molecule has 0 fully saturated rings. The quantitative estimate of drug-likeness (QED) is 0.839. The Hall–Kier alpha value is -1.26. The molecule has 0 aliphatic carbocycles.